The van der Waals surface area contributed by atoms with Gasteiger partial charge in [0.1, 0.15) is 5.75 Å². The molecule has 108 valence electrons. The highest BCUT2D eigenvalue weighted by Gasteiger charge is 2.11. The smallest absolute Gasteiger partial charge is 0.264 e. The lowest BCUT2D eigenvalue weighted by Gasteiger charge is -2.05. The summed E-state index contributed by atoms with van der Waals surface area (Å²) in [4.78, 5) is 4.22. The highest BCUT2D eigenvalue weighted by atomic mass is 16.5. The molecule has 0 fully saturated rings. The van der Waals surface area contributed by atoms with Gasteiger partial charge in [-0.1, -0.05) is 17.3 Å². The zero-order chi connectivity index (χ0) is 14.5. The van der Waals surface area contributed by atoms with E-state index in [9.17, 15) is 0 Å². The lowest BCUT2D eigenvalue weighted by atomic mass is 10.2. The van der Waals surface area contributed by atoms with Crippen molar-refractivity contribution >= 4 is 0 Å². The normalized spacial score (nSPS) is 10.7. The van der Waals surface area contributed by atoms with Gasteiger partial charge in [-0.3, -0.25) is 0 Å². The minimum atomic E-state index is 0.219. The van der Waals surface area contributed by atoms with Crippen LogP contribution in [0.2, 0.25) is 0 Å². The van der Waals surface area contributed by atoms with E-state index in [4.69, 9.17) is 13.7 Å². The number of ether oxygens (including phenoxy) is 1. The van der Waals surface area contributed by atoms with E-state index in [1.807, 2.05) is 31.3 Å². The van der Waals surface area contributed by atoms with Crippen LogP contribution in [0.5, 0.6) is 5.75 Å². The summed E-state index contributed by atoms with van der Waals surface area (Å²) >= 11 is 0. The second-order valence-corrected chi connectivity index (χ2v) is 4.46. The van der Waals surface area contributed by atoms with E-state index in [1.165, 1.54) is 0 Å². The van der Waals surface area contributed by atoms with Crippen LogP contribution in [0.3, 0.4) is 0 Å². The fourth-order valence-electron chi connectivity index (χ4n) is 1.91. The van der Waals surface area contributed by atoms with Crippen LogP contribution in [0.25, 0.3) is 11.6 Å². The van der Waals surface area contributed by atoms with Gasteiger partial charge in [-0.25, -0.2) is 0 Å². The molecule has 0 unspecified atom stereocenters. The number of furan rings is 1. The maximum Gasteiger partial charge on any atom is 0.264 e. The van der Waals surface area contributed by atoms with Crippen LogP contribution in [0, 0.1) is 0 Å². The maximum absolute atomic E-state index is 5.66. The third-order valence-electron chi connectivity index (χ3n) is 2.85. The molecule has 0 saturated heterocycles. The Kier molecular flexibility index (Phi) is 3.97. The number of benzene rings is 1. The lowest BCUT2D eigenvalue weighted by molar-refractivity contribution is 0.242. The van der Waals surface area contributed by atoms with Crippen molar-refractivity contribution in [1.82, 2.24) is 15.5 Å². The van der Waals surface area contributed by atoms with E-state index in [-0.39, 0.29) is 6.61 Å². The fourth-order valence-corrected chi connectivity index (χ4v) is 1.91. The molecule has 2 heterocycles. The first-order valence-corrected chi connectivity index (χ1v) is 6.58. The average molecular weight is 285 g/mol. The van der Waals surface area contributed by atoms with Crippen molar-refractivity contribution in [2.75, 3.05) is 7.05 Å². The summed E-state index contributed by atoms with van der Waals surface area (Å²) in [6, 6.07) is 11.4. The molecule has 3 rings (SSSR count). The molecule has 2 aromatic heterocycles. The van der Waals surface area contributed by atoms with E-state index < -0.39 is 0 Å². The van der Waals surface area contributed by atoms with Crippen molar-refractivity contribution in [3.05, 3.63) is 54.1 Å². The Hall–Kier alpha value is -2.60. The van der Waals surface area contributed by atoms with E-state index in [2.05, 4.69) is 15.5 Å². The van der Waals surface area contributed by atoms with Gasteiger partial charge < -0.3 is 19.0 Å². The zero-order valence-electron chi connectivity index (χ0n) is 11.6. The van der Waals surface area contributed by atoms with Crippen molar-refractivity contribution in [1.29, 1.82) is 0 Å². The molecule has 1 aromatic carbocycles. The van der Waals surface area contributed by atoms with Gasteiger partial charge in [0.25, 0.3) is 5.89 Å². The van der Waals surface area contributed by atoms with E-state index >= 15 is 0 Å². The number of rotatable bonds is 6. The second kappa shape index (κ2) is 6.23. The second-order valence-electron chi connectivity index (χ2n) is 4.46. The minimum absolute atomic E-state index is 0.219. The molecule has 3 aromatic rings. The van der Waals surface area contributed by atoms with Crippen LogP contribution < -0.4 is 10.1 Å². The van der Waals surface area contributed by atoms with Crippen LogP contribution in [0.4, 0.5) is 0 Å². The molecule has 0 spiro atoms. The Labute approximate surface area is 121 Å². The van der Waals surface area contributed by atoms with Crippen LogP contribution in [0.15, 0.2) is 51.6 Å². The van der Waals surface area contributed by atoms with Gasteiger partial charge in [-0.05, 0) is 36.9 Å². The first kappa shape index (κ1) is 13.4. The van der Waals surface area contributed by atoms with Crippen molar-refractivity contribution in [2.24, 2.45) is 0 Å². The summed E-state index contributed by atoms with van der Waals surface area (Å²) in [5, 5.41) is 6.95. The third-order valence-corrected chi connectivity index (χ3v) is 2.85. The SMILES string of the molecule is CNCc1cccc(OCc2nc(-c3ccco3)no2)c1. The van der Waals surface area contributed by atoms with Crippen molar-refractivity contribution < 1.29 is 13.7 Å². The first-order chi connectivity index (χ1) is 10.3. The topological polar surface area (TPSA) is 73.3 Å². The van der Waals surface area contributed by atoms with Crippen molar-refractivity contribution in [3.63, 3.8) is 0 Å². The summed E-state index contributed by atoms with van der Waals surface area (Å²) in [7, 11) is 1.90. The maximum atomic E-state index is 5.66. The Morgan fingerprint density at radius 2 is 2.19 bits per heavy atom. The molecule has 6 heteroatoms. The fraction of sp³-hybridized carbons (Fsp3) is 0.200. The molecular weight excluding hydrogens is 270 g/mol. The molecule has 0 aliphatic heterocycles. The number of nitrogens with one attached hydrogen (secondary N) is 1. The van der Waals surface area contributed by atoms with Gasteiger partial charge >= 0.3 is 0 Å². The quantitative estimate of drug-likeness (QED) is 0.750. The molecule has 0 saturated carbocycles. The summed E-state index contributed by atoms with van der Waals surface area (Å²) in [6.45, 7) is 1.01. The van der Waals surface area contributed by atoms with Gasteiger partial charge in [-0.15, -0.1) is 0 Å². The van der Waals surface area contributed by atoms with Crippen molar-refractivity contribution in [2.45, 2.75) is 13.2 Å². The zero-order valence-corrected chi connectivity index (χ0v) is 11.6. The number of aromatic nitrogens is 2. The lowest BCUT2D eigenvalue weighted by Crippen LogP contribution is -2.05. The predicted octanol–water partition coefficient (Wildman–Crippen LogP) is 2.63. The molecule has 6 nitrogen and oxygen atoms in total. The largest absolute Gasteiger partial charge is 0.484 e. The average Bonchev–Trinajstić information content (AvgIpc) is 3.17. The highest BCUT2D eigenvalue weighted by molar-refractivity contribution is 5.44. The van der Waals surface area contributed by atoms with E-state index in [0.29, 0.717) is 17.5 Å². The third kappa shape index (κ3) is 3.29. The Bertz CT molecular complexity index is 692. The first-order valence-electron chi connectivity index (χ1n) is 6.58. The summed E-state index contributed by atoms with van der Waals surface area (Å²) in [5.74, 6) is 2.16. The molecular formula is C15H15N3O3. The summed E-state index contributed by atoms with van der Waals surface area (Å²) < 4.78 is 16.0. The molecule has 1 N–H and O–H groups in total. The van der Waals surface area contributed by atoms with Crippen LogP contribution in [-0.4, -0.2) is 17.2 Å². The summed E-state index contributed by atoms with van der Waals surface area (Å²) in [6.07, 6.45) is 1.56. The summed E-state index contributed by atoms with van der Waals surface area (Å²) in [5.41, 5.74) is 1.15. The standard InChI is InChI=1S/C15H15N3O3/c1-16-9-11-4-2-5-12(8-11)20-10-14-17-15(18-21-14)13-6-3-7-19-13/h2-8,16H,9-10H2,1H3. The predicted molar refractivity (Wildman–Crippen MR) is 75.5 cm³/mol. The number of nitrogens with zero attached hydrogens (tertiary/aromatic N) is 2. The van der Waals surface area contributed by atoms with Gasteiger partial charge in [0, 0.05) is 6.54 Å². The number of hydrogen-bond acceptors (Lipinski definition) is 6. The van der Waals surface area contributed by atoms with E-state index in [0.717, 1.165) is 17.9 Å². The molecule has 0 atom stereocenters. The molecule has 0 aliphatic rings. The molecule has 0 amide bonds. The highest BCUT2D eigenvalue weighted by Crippen LogP contribution is 2.18. The van der Waals surface area contributed by atoms with Gasteiger partial charge in [0.15, 0.2) is 12.4 Å². The van der Waals surface area contributed by atoms with Crippen LogP contribution in [-0.2, 0) is 13.2 Å². The minimum Gasteiger partial charge on any atom is -0.484 e. The number of hydrogen-bond donors (Lipinski definition) is 1. The van der Waals surface area contributed by atoms with Crippen LogP contribution >= 0.6 is 0 Å². The Balaban J connectivity index is 1.64. The molecule has 0 radical (unpaired) electrons. The Morgan fingerprint density at radius 3 is 3.00 bits per heavy atom. The van der Waals surface area contributed by atoms with E-state index in [1.54, 1.807) is 18.4 Å². The van der Waals surface area contributed by atoms with Gasteiger partial charge in [0.05, 0.1) is 6.26 Å². The molecule has 0 aliphatic carbocycles. The molecule has 0 bridgehead atoms. The van der Waals surface area contributed by atoms with Crippen molar-refractivity contribution in [3.8, 4) is 17.3 Å². The Morgan fingerprint density at radius 1 is 1.24 bits per heavy atom. The monoisotopic (exact) mass is 285 g/mol. The van der Waals surface area contributed by atoms with Crippen LogP contribution in [0.1, 0.15) is 11.5 Å². The molecule has 21 heavy (non-hydrogen) atoms. The van der Waals surface area contributed by atoms with Gasteiger partial charge in [-0.2, -0.15) is 4.98 Å². The van der Waals surface area contributed by atoms with Gasteiger partial charge in [0.2, 0.25) is 5.82 Å².